The minimum Gasteiger partial charge on any atom is -0.396 e. The molecule has 3 atom stereocenters. The topological polar surface area (TPSA) is 47.9 Å². The van der Waals surface area contributed by atoms with Gasteiger partial charge in [-0.15, -0.1) is 0 Å². The minimum atomic E-state index is 0.288. The molecule has 0 saturated carbocycles. The summed E-state index contributed by atoms with van der Waals surface area (Å²) in [6.07, 6.45) is 13.2. The highest BCUT2D eigenvalue weighted by atomic mass is 16.5. The van der Waals surface area contributed by atoms with Gasteiger partial charge in [0, 0.05) is 26.4 Å². The van der Waals surface area contributed by atoms with Crippen LogP contribution < -0.4 is 0 Å². The number of hydrogen-bond acceptors (Lipinski definition) is 4. The van der Waals surface area contributed by atoms with E-state index in [1.54, 1.807) is 0 Å². The first-order valence-electron chi connectivity index (χ1n) is 11.1. The van der Waals surface area contributed by atoms with Gasteiger partial charge in [-0.1, -0.05) is 13.3 Å². The SMILES string of the molecule is CCCCOC(C)CCCCOC(C)CCCCOC(C)CCCCO. The lowest BCUT2D eigenvalue weighted by atomic mass is 10.1. The zero-order chi connectivity index (χ0) is 19.5. The molecular formula is C22H46O4. The van der Waals surface area contributed by atoms with E-state index in [4.69, 9.17) is 19.3 Å². The summed E-state index contributed by atoms with van der Waals surface area (Å²) < 4.78 is 17.5. The van der Waals surface area contributed by atoms with Crippen LogP contribution in [0.5, 0.6) is 0 Å². The second kappa shape index (κ2) is 19.6. The first-order chi connectivity index (χ1) is 12.6. The lowest BCUT2D eigenvalue weighted by Crippen LogP contribution is -2.12. The summed E-state index contributed by atoms with van der Waals surface area (Å²) in [5.41, 5.74) is 0. The summed E-state index contributed by atoms with van der Waals surface area (Å²) in [7, 11) is 0. The molecule has 26 heavy (non-hydrogen) atoms. The van der Waals surface area contributed by atoms with Crippen molar-refractivity contribution in [3.05, 3.63) is 0 Å². The van der Waals surface area contributed by atoms with Crippen molar-refractivity contribution in [1.82, 2.24) is 0 Å². The molecule has 3 unspecified atom stereocenters. The Morgan fingerprint density at radius 1 is 0.577 bits per heavy atom. The Balaban J connectivity index is 3.35. The maximum Gasteiger partial charge on any atom is 0.0547 e. The molecule has 0 aromatic heterocycles. The third-order valence-electron chi connectivity index (χ3n) is 4.73. The van der Waals surface area contributed by atoms with Gasteiger partial charge in [-0.25, -0.2) is 0 Å². The predicted molar refractivity (Wildman–Crippen MR) is 110 cm³/mol. The fourth-order valence-electron chi connectivity index (χ4n) is 2.86. The Morgan fingerprint density at radius 3 is 1.35 bits per heavy atom. The summed E-state index contributed by atoms with van der Waals surface area (Å²) >= 11 is 0. The number of aliphatic hydroxyl groups is 1. The van der Waals surface area contributed by atoms with Crippen molar-refractivity contribution in [1.29, 1.82) is 0 Å². The molecule has 0 aliphatic carbocycles. The molecule has 158 valence electrons. The Kier molecular flexibility index (Phi) is 19.5. The van der Waals surface area contributed by atoms with Crippen LogP contribution in [0, 0.1) is 0 Å². The lowest BCUT2D eigenvalue weighted by Gasteiger charge is -2.15. The summed E-state index contributed by atoms with van der Waals surface area (Å²) in [5.74, 6) is 0. The predicted octanol–water partition coefficient (Wildman–Crippen LogP) is 5.51. The highest BCUT2D eigenvalue weighted by Gasteiger charge is 2.05. The van der Waals surface area contributed by atoms with Gasteiger partial charge in [-0.05, 0) is 85.0 Å². The fourth-order valence-corrected chi connectivity index (χ4v) is 2.86. The molecule has 4 heteroatoms. The van der Waals surface area contributed by atoms with Crippen molar-refractivity contribution in [2.24, 2.45) is 0 Å². The van der Waals surface area contributed by atoms with Crippen molar-refractivity contribution < 1.29 is 19.3 Å². The van der Waals surface area contributed by atoms with Crippen molar-refractivity contribution >= 4 is 0 Å². The second-order valence-corrected chi connectivity index (χ2v) is 7.61. The molecule has 0 fully saturated rings. The van der Waals surface area contributed by atoms with Crippen LogP contribution in [0.15, 0.2) is 0 Å². The van der Waals surface area contributed by atoms with Gasteiger partial charge in [0.1, 0.15) is 0 Å². The van der Waals surface area contributed by atoms with Crippen molar-refractivity contribution in [3.63, 3.8) is 0 Å². The van der Waals surface area contributed by atoms with Gasteiger partial charge in [0.05, 0.1) is 18.3 Å². The molecule has 1 N–H and O–H groups in total. The average Bonchev–Trinajstić information content (AvgIpc) is 2.61. The summed E-state index contributed by atoms with van der Waals surface area (Å²) in [6.45, 7) is 11.6. The van der Waals surface area contributed by atoms with Gasteiger partial charge < -0.3 is 19.3 Å². The normalized spacial score (nSPS) is 15.1. The monoisotopic (exact) mass is 374 g/mol. The molecule has 0 aromatic carbocycles. The van der Waals surface area contributed by atoms with Gasteiger partial charge in [0.15, 0.2) is 0 Å². The first kappa shape index (κ1) is 25.8. The van der Waals surface area contributed by atoms with E-state index in [0.29, 0.717) is 18.3 Å². The molecule has 4 nitrogen and oxygen atoms in total. The maximum atomic E-state index is 8.77. The minimum absolute atomic E-state index is 0.288. The smallest absolute Gasteiger partial charge is 0.0547 e. The molecular weight excluding hydrogens is 328 g/mol. The summed E-state index contributed by atoms with van der Waals surface area (Å²) in [4.78, 5) is 0. The quantitative estimate of drug-likeness (QED) is 0.286. The second-order valence-electron chi connectivity index (χ2n) is 7.61. The molecule has 0 radical (unpaired) electrons. The van der Waals surface area contributed by atoms with E-state index in [2.05, 4.69) is 27.7 Å². The Bertz CT molecular complexity index is 247. The van der Waals surface area contributed by atoms with Crippen LogP contribution in [0.1, 0.15) is 98.3 Å². The first-order valence-corrected chi connectivity index (χ1v) is 11.1. The third-order valence-corrected chi connectivity index (χ3v) is 4.73. The maximum absolute atomic E-state index is 8.77. The van der Waals surface area contributed by atoms with E-state index in [9.17, 15) is 0 Å². The number of aliphatic hydroxyl groups excluding tert-OH is 1. The molecule has 0 amide bonds. The van der Waals surface area contributed by atoms with E-state index in [1.165, 1.54) is 19.3 Å². The lowest BCUT2D eigenvalue weighted by molar-refractivity contribution is 0.0365. The van der Waals surface area contributed by atoms with Gasteiger partial charge in [-0.2, -0.15) is 0 Å². The third kappa shape index (κ3) is 18.6. The number of ether oxygens (including phenoxy) is 3. The van der Waals surface area contributed by atoms with Crippen LogP contribution in [0.2, 0.25) is 0 Å². The molecule has 0 saturated heterocycles. The largest absolute Gasteiger partial charge is 0.396 e. The average molecular weight is 375 g/mol. The van der Waals surface area contributed by atoms with Crippen LogP contribution in [0.4, 0.5) is 0 Å². The highest BCUT2D eigenvalue weighted by Crippen LogP contribution is 2.10. The van der Waals surface area contributed by atoms with E-state index < -0.39 is 0 Å². The van der Waals surface area contributed by atoms with Gasteiger partial charge in [0.25, 0.3) is 0 Å². The number of rotatable bonds is 20. The van der Waals surface area contributed by atoms with E-state index in [-0.39, 0.29) is 6.61 Å². The van der Waals surface area contributed by atoms with Crippen LogP contribution in [0.25, 0.3) is 0 Å². The van der Waals surface area contributed by atoms with Gasteiger partial charge >= 0.3 is 0 Å². The highest BCUT2D eigenvalue weighted by molar-refractivity contribution is 4.55. The van der Waals surface area contributed by atoms with Gasteiger partial charge in [0.2, 0.25) is 0 Å². The fraction of sp³-hybridized carbons (Fsp3) is 1.00. The van der Waals surface area contributed by atoms with Crippen LogP contribution in [0.3, 0.4) is 0 Å². The van der Waals surface area contributed by atoms with Crippen molar-refractivity contribution in [2.45, 2.75) is 117 Å². The number of unbranched alkanes of at least 4 members (excludes halogenated alkanes) is 4. The van der Waals surface area contributed by atoms with Crippen LogP contribution >= 0.6 is 0 Å². The number of hydrogen-bond donors (Lipinski definition) is 1. The van der Waals surface area contributed by atoms with Crippen LogP contribution in [-0.4, -0.2) is 49.8 Å². The van der Waals surface area contributed by atoms with Crippen LogP contribution in [-0.2, 0) is 14.2 Å². The molecule has 0 aliphatic rings. The Labute approximate surface area is 163 Å². The zero-order valence-electron chi connectivity index (χ0n) is 18.0. The summed E-state index contributed by atoms with van der Waals surface area (Å²) in [5, 5.41) is 8.77. The Hall–Kier alpha value is -0.160. The van der Waals surface area contributed by atoms with Crippen molar-refractivity contribution in [2.75, 3.05) is 26.4 Å². The molecule has 0 aliphatic heterocycles. The van der Waals surface area contributed by atoms with E-state index in [0.717, 1.165) is 71.2 Å². The molecule has 0 spiro atoms. The molecule has 0 rings (SSSR count). The van der Waals surface area contributed by atoms with Crippen molar-refractivity contribution in [3.8, 4) is 0 Å². The molecule has 0 heterocycles. The molecule has 0 aromatic rings. The standard InChI is InChI=1S/C22H46O4/c1-5-6-17-24-21(3)14-8-11-19-26-22(4)15-9-12-18-25-20(2)13-7-10-16-23/h20-23H,5-19H2,1-4H3. The van der Waals surface area contributed by atoms with E-state index >= 15 is 0 Å². The molecule has 0 bridgehead atoms. The van der Waals surface area contributed by atoms with Gasteiger partial charge in [-0.3, -0.25) is 0 Å². The summed E-state index contributed by atoms with van der Waals surface area (Å²) in [6, 6.07) is 0. The Morgan fingerprint density at radius 2 is 0.962 bits per heavy atom. The van der Waals surface area contributed by atoms with E-state index in [1.807, 2.05) is 0 Å². The zero-order valence-corrected chi connectivity index (χ0v) is 18.0.